The lowest BCUT2D eigenvalue weighted by atomic mass is 10.1. The van der Waals surface area contributed by atoms with E-state index >= 15 is 0 Å². The SMILES string of the molecule is Nc1ncc(CN(CCc2cccc(F)c2)C2CC2)s1. The number of hydrogen-bond acceptors (Lipinski definition) is 4. The van der Waals surface area contributed by atoms with Gasteiger partial charge in [-0.05, 0) is 37.0 Å². The van der Waals surface area contributed by atoms with Gasteiger partial charge in [0.05, 0.1) is 0 Å². The molecule has 2 aromatic rings. The summed E-state index contributed by atoms with van der Waals surface area (Å²) in [6, 6.07) is 7.54. The van der Waals surface area contributed by atoms with Crippen LogP contribution in [0.2, 0.25) is 0 Å². The van der Waals surface area contributed by atoms with E-state index in [4.69, 9.17) is 5.73 Å². The summed E-state index contributed by atoms with van der Waals surface area (Å²) in [5.41, 5.74) is 6.73. The fraction of sp³-hybridized carbons (Fsp3) is 0.400. The number of rotatable bonds is 6. The van der Waals surface area contributed by atoms with Gasteiger partial charge in [0.2, 0.25) is 0 Å². The Balaban J connectivity index is 1.60. The van der Waals surface area contributed by atoms with E-state index in [0.29, 0.717) is 11.2 Å². The van der Waals surface area contributed by atoms with Crippen molar-refractivity contribution in [2.75, 3.05) is 12.3 Å². The summed E-state index contributed by atoms with van der Waals surface area (Å²) >= 11 is 1.55. The van der Waals surface area contributed by atoms with E-state index in [0.717, 1.165) is 25.1 Å². The maximum Gasteiger partial charge on any atom is 0.180 e. The Bertz CT molecular complexity index is 580. The Morgan fingerprint density at radius 3 is 2.90 bits per heavy atom. The molecule has 0 atom stereocenters. The van der Waals surface area contributed by atoms with E-state index < -0.39 is 0 Å². The van der Waals surface area contributed by atoms with Crippen molar-refractivity contribution in [1.82, 2.24) is 9.88 Å². The van der Waals surface area contributed by atoms with Gasteiger partial charge in [-0.3, -0.25) is 4.90 Å². The highest BCUT2D eigenvalue weighted by Gasteiger charge is 2.28. The molecule has 20 heavy (non-hydrogen) atoms. The van der Waals surface area contributed by atoms with Crippen molar-refractivity contribution < 1.29 is 4.39 Å². The summed E-state index contributed by atoms with van der Waals surface area (Å²) < 4.78 is 13.2. The minimum absolute atomic E-state index is 0.157. The Labute approximate surface area is 122 Å². The second kappa shape index (κ2) is 5.89. The van der Waals surface area contributed by atoms with Crippen molar-refractivity contribution >= 4 is 16.5 Å². The first-order chi connectivity index (χ1) is 9.70. The number of benzene rings is 1. The number of aromatic nitrogens is 1. The van der Waals surface area contributed by atoms with Crippen molar-refractivity contribution in [2.24, 2.45) is 0 Å². The lowest BCUT2D eigenvalue weighted by Gasteiger charge is -2.21. The molecule has 0 amide bonds. The van der Waals surface area contributed by atoms with Crippen LogP contribution in [-0.4, -0.2) is 22.5 Å². The molecule has 1 aliphatic rings. The number of anilines is 1. The number of thiazole rings is 1. The van der Waals surface area contributed by atoms with Gasteiger partial charge in [0, 0.05) is 30.2 Å². The minimum atomic E-state index is -0.157. The predicted molar refractivity (Wildman–Crippen MR) is 80.1 cm³/mol. The van der Waals surface area contributed by atoms with E-state index in [1.54, 1.807) is 23.5 Å². The molecule has 5 heteroatoms. The molecule has 2 N–H and O–H groups in total. The maximum absolute atomic E-state index is 13.2. The summed E-state index contributed by atoms with van der Waals surface area (Å²) in [5, 5.41) is 0.626. The van der Waals surface area contributed by atoms with Crippen LogP contribution in [0.15, 0.2) is 30.5 Å². The first-order valence-corrected chi connectivity index (χ1v) is 7.71. The lowest BCUT2D eigenvalue weighted by Crippen LogP contribution is -2.27. The molecule has 1 aliphatic carbocycles. The van der Waals surface area contributed by atoms with Crippen LogP contribution in [0.4, 0.5) is 9.52 Å². The number of halogens is 1. The number of hydrogen-bond donors (Lipinski definition) is 1. The Hall–Kier alpha value is -1.46. The van der Waals surface area contributed by atoms with Gasteiger partial charge < -0.3 is 5.73 Å². The Kier molecular flexibility index (Phi) is 3.98. The minimum Gasteiger partial charge on any atom is -0.375 e. The van der Waals surface area contributed by atoms with E-state index in [-0.39, 0.29) is 5.82 Å². The van der Waals surface area contributed by atoms with Gasteiger partial charge in [-0.2, -0.15) is 0 Å². The molecule has 1 saturated carbocycles. The zero-order chi connectivity index (χ0) is 13.9. The molecule has 106 valence electrons. The standard InChI is InChI=1S/C15H18FN3S/c16-12-3-1-2-11(8-12)6-7-19(13-4-5-13)10-14-9-18-15(17)20-14/h1-3,8-9,13H,4-7,10H2,(H2,17,18). The van der Waals surface area contributed by atoms with Crippen molar-refractivity contribution in [1.29, 1.82) is 0 Å². The zero-order valence-corrected chi connectivity index (χ0v) is 12.1. The highest BCUT2D eigenvalue weighted by Crippen LogP contribution is 2.29. The molecular formula is C15H18FN3S. The van der Waals surface area contributed by atoms with Gasteiger partial charge in [-0.25, -0.2) is 9.37 Å². The molecule has 0 radical (unpaired) electrons. The first-order valence-electron chi connectivity index (χ1n) is 6.89. The third kappa shape index (κ3) is 3.55. The number of nitrogens with zero attached hydrogens (tertiary/aromatic N) is 2. The molecule has 0 aliphatic heterocycles. The summed E-state index contributed by atoms with van der Waals surface area (Å²) in [5.74, 6) is -0.157. The van der Waals surface area contributed by atoms with Crippen LogP contribution in [0, 0.1) is 5.82 Å². The van der Waals surface area contributed by atoms with Gasteiger partial charge >= 0.3 is 0 Å². The van der Waals surface area contributed by atoms with Crippen molar-refractivity contribution in [3.8, 4) is 0 Å². The van der Waals surface area contributed by atoms with Crippen molar-refractivity contribution in [3.63, 3.8) is 0 Å². The highest BCUT2D eigenvalue weighted by molar-refractivity contribution is 7.15. The van der Waals surface area contributed by atoms with Gasteiger partial charge in [0.25, 0.3) is 0 Å². The second-order valence-electron chi connectivity index (χ2n) is 5.25. The van der Waals surface area contributed by atoms with E-state index in [9.17, 15) is 4.39 Å². The molecular weight excluding hydrogens is 273 g/mol. The summed E-state index contributed by atoms with van der Waals surface area (Å²) in [6.07, 6.45) is 5.26. The molecule has 1 aromatic carbocycles. The van der Waals surface area contributed by atoms with E-state index in [1.807, 2.05) is 12.3 Å². The smallest absolute Gasteiger partial charge is 0.180 e. The molecule has 0 spiro atoms. The quantitative estimate of drug-likeness (QED) is 0.889. The topological polar surface area (TPSA) is 42.1 Å². The molecule has 0 bridgehead atoms. The van der Waals surface area contributed by atoms with Crippen LogP contribution in [0.3, 0.4) is 0 Å². The van der Waals surface area contributed by atoms with Crippen molar-refractivity contribution in [3.05, 3.63) is 46.7 Å². The third-order valence-electron chi connectivity index (χ3n) is 3.57. The molecule has 0 saturated heterocycles. The zero-order valence-electron chi connectivity index (χ0n) is 11.3. The second-order valence-corrected chi connectivity index (χ2v) is 6.39. The van der Waals surface area contributed by atoms with Crippen LogP contribution in [0.5, 0.6) is 0 Å². The Morgan fingerprint density at radius 1 is 1.40 bits per heavy atom. The largest absolute Gasteiger partial charge is 0.375 e. The van der Waals surface area contributed by atoms with Crippen LogP contribution < -0.4 is 5.73 Å². The van der Waals surface area contributed by atoms with Gasteiger partial charge in [0.1, 0.15) is 5.82 Å². The molecule has 3 rings (SSSR count). The van der Waals surface area contributed by atoms with Gasteiger partial charge in [-0.15, -0.1) is 11.3 Å². The highest BCUT2D eigenvalue weighted by atomic mass is 32.1. The molecule has 1 heterocycles. The van der Waals surface area contributed by atoms with Gasteiger partial charge in [-0.1, -0.05) is 12.1 Å². The molecule has 3 nitrogen and oxygen atoms in total. The normalized spacial score (nSPS) is 14.9. The van der Waals surface area contributed by atoms with Crippen LogP contribution >= 0.6 is 11.3 Å². The first kappa shape index (κ1) is 13.5. The predicted octanol–water partition coefficient (Wildman–Crippen LogP) is 3.07. The van der Waals surface area contributed by atoms with Crippen LogP contribution in [0.25, 0.3) is 0 Å². The third-order valence-corrected chi connectivity index (χ3v) is 4.38. The van der Waals surface area contributed by atoms with Crippen molar-refractivity contribution in [2.45, 2.75) is 31.8 Å². The lowest BCUT2D eigenvalue weighted by molar-refractivity contribution is 0.260. The maximum atomic E-state index is 13.2. The molecule has 1 fully saturated rings. The monoisotopic (exact) mass is 291 g/mol. The average molecular weight is 291 g/mol. The Morgan fingerprint density at radius 2 is 2.25 bits per heavy atom. The summed E-state index contributed by atoms with van der Waals surface area (Å²) in [4.78, 5) is 7.76. The van der Waals surface area contributed by atoms with Crippen LogP contribution in [0.1, 0.15) is 23.3 Å². The average Bonchev–Trinajstić information content (AvgIpc) is 3.18. The fourth-order valence-electron chi connectivity index (χ4n) is 2.39. The summed E-state index contributed by atoms with van der Waals surface area (Å²) in [6.45, 7) is 1.85. The van der Waals surface area contributed by atoms with Crippen LogP contribution in [-0.2, 0) is 13.0 Å². The molecule has 1 aromatic heterocycles. The number of nitrogen functional groups attached to an aromatic ring is 1. The molecule has 0 unspecified atom stereocenters. The van der Waals surface area contributed by atoms with Gasteiger partial charge in [0.15, 0.2) is 5.13 Å². The number of nitrogens with two attached hydrogens (primary N) is 1. The summed E-state index contributed by atoms with van der Waals surface area (Å²) in [7, 11) is 0. The fourth-order valence-corrected chi connectivity index (χ4v) is 3.10. The van der Waals surface area contributed by atoms with E-state index in [2.05, 4.69) is 9.88 Å². The van der Waals surface area contributed by atoms with E-state index in [1.165, 1.54) is 23.8 Å².